The van der Waals surface area contributed by atoms with Crippen LogP contribution >= 0.6 is 0 Å². The van der Waals surface area contributed by atoms with Crippen LogP contribution < -0.4 is 15.8 Å². The molecule has 3 rings (SSSR count). The van der Waals surface area contributed by atoms with Crippen molar-refractivity contribution in [3.05, 3.63) is 66.1 Å². The molecule has 1 heterocycles. The molecule has 0 radical (unpaired) electrons. The molecule has 0 bridgehead atoms. The molecule has 0 atom stereocenters. The van der Waals surface area contributed by atoms with E-state index in [-0.39, 0.29) is 19.0 Å². The van der Waals surface area contributed by atoms with E-state index in [0.29, 0.717) is 17.9 Å². The Morgan fingerprint density at radius 2 is 2.04 bits per heavy atom. The fraction of sp³-hybridized carbons (Fsp3) is 0.158. The van der Waals surface area contributed by atoms with Gasteiger partial charge in [-0.25, -0.2) is 4.98 Å². The Bertz CT molecular complexity index is 877. The maximum atomic E-state index is 8.94. The van der Waals surface area contributed by atoms with E-state index in [0.717, 1.165) is 22.8 Å². The number of nitrogens with one attached hydrogen (secondary N) is 3. The van der Waals surface area contributed by atoms with Crippen LogP contribution in [0.2, 0.25) is 0 Å². The second-order valence-electron chi connectivity index (χ2n) is 5.66. The molecular formula is C19H21N5O2. The van der Waals surface area contributed by atoms with Crippen LogP contribution in [-0.4, -0.2) is 34.1 Å². The van der Waals surface area contributed by atoms with Crippen molar-refractivity contribution < 1.29 is 9.84 Å². The molecule has 0 unspecified atom stereocenters. The van der Waals surface area contributed by atoms with E-state index in [1.54, 1.807) is 18.3 Å². The van der Waals surface area contributed by atoms with Crippen LogP contribution in [0.5, 0.6) is 5.75 Å². The van der Waals surface area contributed by atoms with Gasteiger partial charge >= 0.3 is 0 Å². The van der Waals surface area contributed by atoms with Gasteiger partial charge in [-0.05, 0) is 17.7 Å². The minimum absolute atomic E-state index is 0.0805. The second kappa shape index (κ2) is 8.17. The Labute approximate surface area is 151 Å². The van der Waals surface area contributed by atoms with Crippen LogP contribution in [-0.2, 0) is 6.54 Å². The van der Waals surface area contributed by atoms with Crippen molar-refractivity contribution in [3.8, 4) is 17.0 Å². The van der Waals surface area contributed by atoms with E-state index in [4.69, 9.17) is 21.0 Å². The van der Waals surface area contributed by atoms with Crippen LogP contribution in [0.4, 0.5) is 5.69 Å². The van der Waals surface area contributed by atoms with E-state index in [9.17, 15) is 0 Å². The molecule has 7 heteroatoms. The third kappa shape index (κ3) is 4.20. The minimum atomic E-state index is -0.107. The Kier molecular flexibility index (Phi) is 5.50. The first-order chi connectivity index (χ1) is 12.7. The van der Waals surface area contributed by atoms with Crippen molar-refractivity contribution in [1.29, 1.82) is 5.41 Å². The number of nitrogens with zero attached hydrogens (tertiary/aromatic N) is 1. The van der Waals surface area contributed by atoms with Crippen LogP contribution in [0.3, 0.4) is 0 Å². The van der Waals surface area contributed by atoms with E-state index in [1.165, 1.54) is 0 Å². The van der Waals surface area contributed by atoms with Gasteiger partial charge in [0, 0.05) is 11.8 Å². The van der Waals surface area contributed by atoms with Gasteiger partial charge < -0.3 is 25.9 Å². The lowest BCUT2D eigenvalue weighted by Gasteiger charge is -2.12. The minimum Gasteiger partial charge on any atom is -0.490 e. The molecule has 26 heavy (non-hydrogen) atoms. The van der Waals surface area contributed by atoms with Gasteiger partial charge in [0.2, 0.25) is 0 Å². The van der Waals surface area contributed by atoms with Gasteiger partial charge in [0.25, 0.3) is 0 Å². The molecule has 0 spiro atoms. The topological polar surface area (TPSA) is 120 Å². The lowest BCUT2D eigenvalue weighted by atomic mass is 10.1. The van der Waals surface area contributed by atoms with Crippen LogP contribution in [0, 0.1) is 5.41 Å². The predicted molar refractivity (Wildman–Crippen MR) is 101 cm³/mol. The van der Waals surface area contributed by atoms with Gasteiger partial charge in [-0.3, -0.25) is 5.41 Å². The number of amidine groups is 1. The molecule has 7 nitrogen and oxygen atoms in total. The molecule has 0 saturated carbocycles. The lowest BCUT2D eigenvalue weighted by molar-refractivity contribution is 0.201. The zero-order valence-electron chi connectivity index (χ0n) is 14.2. The van der Waals surface area contributed by atoms with Crippen molar-refractivity contribution >= 4 is 11.5 Å². The summed E-state index contributed by atoms with van der Waals surface area (Å²) in [6, 6.07) is 15.3. The zero-order chi connectivity index (χ0) is 18.4. The van der Waals surface area contributed by atoms with Gasteiger partial charge in [0.15, 0.2) is 0 Å². The highest BCUT2D eigenvalue weighted by atomic mass is 16.5. The summed E-state index contributed by atoms with van der Waals surface area (Å²) in [5.41, 5.74) is 8.90. The molecule has 0 aliphatic heterocycles. The quantitative estimate of drug-likeness (QED) is 0.315. The van der Waals surface area contributed by atoms with Crippen LogP contribution in [0.25, 0.3) is 11.3 Å². The Hall–Kier alpha value is -3.32. The number of benzene rings is 2. The fourth-order valence-corrected chi connectivity index (χ4v) is 2.53. The average molecular weight is 351 g/mol. The standard InChI is InChI=1S/C19H21N5O2/c20-19(21)15-7-6-14(10-17(15)26-9-8-25)22-12-18-23-11-16(24-18)13-4-2-1-3-5-13/h1-7,10-11,22,25H,8-9,12H2,(H3,20,21)(H,23,24). The van der Waals surface area contributed by atoms with Crippen molar-refractivity contribution in [2.24, 2.45) is 5.73 Å². The van der Waals surface area contributed by atoms with Crippen LogP contribution in [0.15, 0.2) is 54.7 Å². The lowest BCUT2D eigenvalue weighted by Crippen LogP contribution is -2.14. The van der Waals surface area contributed by atoms with Crippen molar-refractivity contribution in [2.75, 3.05) is 18.5 Å². The number of anilines is 1. The average Bonchev–Trinajstić information content (AvgIpc) is 3.14. The molecule has 3 aromatic rings. The third-order valence-electron chi connectivity index (χ3n) is 3.79. The fourth-order valence-electron chi connectivity index (χ4n) is 2.53. The molecule has 6 N–H and O–H groups in total. The highest BCUT2D eigenvalue weighted by Crippen LogP contribution is 2.24. The largest absolute Gasteiger partial charge is 0.490 e. The van der Waals surface area contributed by atoms with Gasteiger partial charge in [0.05, 0.1) is 30.6 Å². The summed E-state index contributed by atoms with van der Waals surface area (Å²) in [4.78, 5) is 7.68. The maximum Gasteiger partial charge on any atom is 0.132 e. The summed E-state index contributed by atoms with van der Waals surface area (Å²) in [5.74, 6) is 1.18. The van der Waals surface area contributed by atoms with Crippen molar-refractivity contribution in [1.82, 2.24) is 9.97 Å². The first-order valence-corrected chi connectivity index (χ1v) is 8.22. The number of ether oxygens (including phenoxy) is 1. The zero-order valence-corrected chi connectivity index (χ0v) is 14.2. The molecule has 134 valence electrons. The van der Waals surface area contributed by atoms with E-state index < -0.39 is 0 Å². The number of aromatic amines is 1. The number of H-pyrrole nitrogens is 1. The summed E-state index contributed by atoms with van der Waals surface area (Å²) in [5, 5.41) is 19.8. The third-order valence-corrected chi connectivity index (χ3v) is 3.79. The Balaban J connectivity index is 1.69. The Morgan fingerprint density at radius 1 is 1.23 bits per heavy atom. The normalized spacial score (nSPS) is 10.5. The van der Waals surface area contributed by atoms with Crippen LogP contribution in [0.1, 0.15) is 11.4 Å². The summed E-state index contributed by atoms with van der Waals surface area (Å²) < 4.78 is 5.47. The molecule has 0 saturated heterocycles. The first-order valence-electron chi connectivity index (χ1n) is 8.22. The summed E-state index contributed by atoms with van der Waals surface area (Å²) in [6.45, 7) is 0.539. The SMILES string of the molecule is N=C(N)c1ccc(NCc2ncc(-c3ccccc3)[nH]2)cc1OCCO. The summed E-state index contributed by atoms with van der Waals surface area (Å²) >= 11 is 0. The number of rotatable bonds is 8. The number of aliphatic hydroxyl groups is 1. The molecule has 0 amide bonds. The van der Waals surface area contributed by atoms with E-state index >= 15 is 0 Å². The van der Waals surface area contributed by atoms with Crippen molar-refractivity contribution in [3.63, 3.8) is 0 Å². The Morgan fingerprint density at radius 3 is 2.77 bits per heavy atom. The van der Waals surface area contributed by atoms with Crippen molar-refractivity contribution in [2.45, 2.75) is 6.54 Å². The second-order valence-corrected chi connectivity index (χ2v) is 5.66. The highest BCUT2D eigenvalue weighted by Gasteiger charge is 2.09. The monoisotopic (exact) mass is 351 g/mol. The van der Waals surface area contributed by atoms with Gasteiger partial charge in [-0.15, -0.1) is 0 Å². The number of nitrogens with two attached hydrogens (primary N) is 1. The molecule has 0 aliphatic carbocycles. The van der Waals surface area contributed by atoms with Gasteiger partial charge in [-0.2, -0.15) is 0 Å². The number of hydrogen-bond donors (Lipinski definition) is 5. The predicted octanol–water partition coefficient (Wildman–Crippen LogP) is 2.34. The smallest absolute Gasteiger partial charge is 0.132 e. The number of imidazole rings is 1. The summed E-state index contributed by atoms with van der Waals surface area (Å²) in [7, 11) is 0. The molecule has 1 aromatic heterocycles. The molecule has 0 fully saturated rings. The van der Waals surface area contributed by atoms with E-state index in [1.807, 2.05) is 36.4 Å². The molecule has 0 aliphatic rings. The first kappa shape index (κ1) is 17.5. The number of nitrogen functional groups attached to an aromatic ring is 1. The number of aromatic nitrogens is 2. The summed E-state index contributed by atoms with van der Waals surface area (Å²) in [6.07, 6.45) is 1.81. The molecular weight excluding hydrogens is 330 g/mol. The molecule has 2 aromatic carbocycles. The van der Waals surface area contributed by atoms with Gasteiger partial charge in [-0.1, -0.05) is 30.3 Å². The number of hydrogen-bond acceptors (Lipinski definition) is 5. The highest BCUT2D eigenvalue weighted by molar-refractivity contribution is 5.98. The maximum absolute atomic E-state index is 8.94. The van der Waals surface area contributed by atoms with E-state index in [2.05, 4.69) is 15.3 Å². The number of aliphatic hydroxyl groups excluding tert-OH is 1. The van der Waals surface area contributed by atoms with Gasteiger partial charge in [0.1, 0.15) is 24.0 Å².